The van der Waals surface area contributed by atoms with Gasteiger partial charge in [-0.15, -0.1) is 13.2 Å². The van der Waals surface area contributed by atoms with Gasteiger partial charge in [0, 0.05) is 36.2 Å². The minimum Gasteiger partial charge on any atom is -0.501 e. The third kappa shape index (κ3) is 4.36. The van der Waals surface area contributed by atoms with E-state index in [1.54, 1.807) is 25.2 Å². The summed E-state index contributed by atoms with van der Waals surface area (Å²) in [4.78, 5) is 15.8. The van der Waals surface area contributed by atoms with Crippen LogP contribution in [0.4, 0.5) is 18.9 Å². The summed E-state index contributed by atoms with van der Waals surface area (Å²) in [5.74, 6) is -0.497. The number of nitrogens with zero attached hydrogens (tertiary/aromatic N) is 4. The van der Waals surface area contributed by atoms with Crippen molar-refractivity contribution in [3.8, 4) is 33.9 Å². The Morgan fingerprint density at radius 1 is 1.22 bits per heavy atom. The average molecular weight is 496 g/mol. The molecule has 0 unspecified atom stereocenters. The lowest BCUT2D eigenvalue weighted by atomic mass is 9.97. The number of H-pyrrole nitrogens is 1. The van der Waals surface area contributed by atoms with Crippen molar-refractivity contribution in [1.82, 2.24) is 20.0 Å². The van der Waals surface area contributed by atoms with E-state index < -0.39 is 12.1 Å². The summed E-state index contributed by atoms with van der Waals surface area (Å²) in [6.07, 6.45) is -2.05. The first-order valence-corrected chi connectivity index (χ1v) is 10.9. The van der Waals surface area contributed by atoms with Crippen molar-refractivity contribution in [2.24, 2.45) is 12.8 Å². The number of aromatic amines is 1. The van der Waals surface area contributed by atoms with Gasteiger partial charge in [-0.05, 0) is 36.6 Å². The molecule has 184 valence electrons. The Hall–Kier alpha value is -4.37. The molecule has 3 N–H and O–H groups in total. The van der Waals surface area contributed by atoms with E-state index in [2.05, 4.69) is 24.9 Å². The molecule has 1 aliphatic carbocycles. The number of aryl methyl sites for hydroxylation is 1. The number of hydrogen-bond acceptors (Lipinski definition) is 6. The summed E-state index contributed by atoms with van der Waals surface area (Å²) in [5, 5.41) is 11.6. The van der Waals surface area contributed by atoms with Crippen LogP contribution in [0.5, 0.6) is 11.5 Å². The highest BCUT2D eigenvalue weighted by molar-refractivity contribution is 5.94. The number of nitrogens with one attached hydrogen (secondary N) is 1. The van der Waals surface area contributed by atoms with Gasteiger partial charge < -0.3 is 15.2 Å². The summed E-state index contributed by atoms with van der Waals surface area (Å²) in [6, 6.07) is 7.25. The van der Waals surface area contributed by atoms with Crippen molar-refractivity contribution in [2.45, 2.75) is 31.9 Å². The molecular formula is C24H19F3N6O3. The van der Waals surface area contributed by atoms with Crippen molar-refractivity contribution in [3.05, 3.63) is 64.0 Å². The van der Waals surface area contributed by atoms with Crippen LogP contribution in [0.25, 0.3) is 38.0 Å². The molecule has 36 heavy (non-hydrogen) atoms. The van der Waals surface area contributed by atoms with Crippen LogP contribution in [0.15, 0.2) is 41.3 Å². The van der Waals surface area contributed by atoms with E-state index in [9.17, 15) is 18.0 Å². The molecule has 9 nitrogen and oxygen atoms in total. The molecule has 0 bridgehead atoms. The first-order chi connectivity index (χ1) is 17.2. The fourth-order valence-corrected chi connectivity index (χ4v) is 4.04. The maximum atomic E-state index is 13.1. The Morgan fingerprint density at radius 3 is 2.67 bits per heavy atom. The van der Waals surface area contributed by atoms with Crippen LogP contribution in [-0.2, 0) is 13.6 Å². The number of alkyl halides is 3. The second-order valence-corrected chi connectivity index (χ2v) is 8.29. The molecule has 2 aromatic carbocycles. The third-order valence-corrected chi connectivity index (χ3v) is 5.78. The zero-order valence-corrected chi connectivity index (χ0v) is 18.9. The second-order valence-electron chi connectivity index (χ2n) is 8.29. The monoisotopic (exact) mass is 496 g/mol. The van der Waals surface area contributed by atoms with Crippen LogP contribution in [0, 0.1) is 6.57 Å². The van der Waals surface area contributed by atoms with E-state index in [1.165, 1.54) is 10.9 Å². The number of halogens is 3. The Morgan fingerprint density at radius 2 is 2.00 bits per heavy atom. The molecule has 0 saturated heterocycles. The molecule has 4 aromatic rings. The predicted octanol–water partition coefficient (Wildman–Crippen LogP) is 4.44. The minimum absolute atomic E-state index is 0.0102. The predicted molar refractivity (Wildman–Crippen MR) is 124 cm³/mol. The molecule has 5 rings (SSSR count). The van der Waals surface area contributed by atoms with Gasteiger partial charge in [-0.25, -0.2) is 9.94 Å². The first kappa shape index (κ1) is 23.4. The lowest BCUT2D eigenvalue weighted by molar-refractivity contribution is -0.274. The fourth-order valence-electron chi connectivity index (χ4n) is 4.04. The Kier molecular flexibility index (Phi) is 5.64. The van der Waals surface area contributed by atoms with Crippen molar-refractivity contribution in [1.29, 1.82) is 0 Å². The van der Waals surface area contributed by atoms with Crippen molar-refractivity contribution >= 4 is 16.5 Å². The lowest BCUT2D eigenvalue weighted by Gasteiger charge is -2.17. The molecule has 0 spiro atoms. The molecule has 1 fully saturated rings. The Labute approximate surface area is 202 Å². The zero-order valence-electron chi connectivity index (χ0n) is 18.9. The average Bonchev–Trinajstić information content (AvgIpc) is 3.56. The van der Waals surface area contributed by atoms with Crippen LogP contribution in [0.2, 0.25) is 0 Å². The zero-order chi connectivity index (χ0) is 25.6. The van der Waals surface area contributed by atoms with Crippen LogP contribution in [0.1, 0.15) is 18.5 Å². The number of rotatable bonds is 6. The van der Waals surface area contributed by atoms with Gasteiger partial charge in [-0.2, -0.15) is 10.2 Å². The van der Waals surface area contributed by atoms with E-state index >= 15 is 0 Å². The molecule has 0 radical (unpaired) electrons. The number of nitrogens with two attached hydrogens (primary N) is 1. The second kappa shape index (κ2) is 8.69. The van der Waals surface area contributed by atoms with Crippen LogP contribution in [0.3, 0.4) is 0 Å². The SMILES string of the molecule is [C-]#[N+]c1c(OC2CC2)cc(OC(F)(F)F)cc1-c1c(-c2ccc3c(=O)[nH]nc(CN)c3c2)cnn1C. The summed E-state index contributed by atoms with van der Waals surface area (Å²) in [7, 11) is 1.61. The molecule has 0 aliphatic heterocycles. The lowest BCUT2D eigenvalue weighted by Crippen LogP contribution is -2.17. The highest BCUT2D eigenvalue weighted by atomic mass is 19.4. The van der Waals surface area contributed by atoms with E-state index in [-0.39, 0.29) is 35.2 Å². The quantitative estimate of drug-likeness (QED) is 0.382. The highest BCUT2D eigenvalue weighted by Crippen LogP contribution is 2.47. The molecule has 1 saturated carbocycles. The molecule has 2 heterocycles. The third-order valence-electron chi connectivity index (χ3n) is 5.78. The maximum absolute atomic E-state index is 13.1. The number of benzene rings is 2. The minimum atomic E-state index is -4.93. The number of aromatic nitrogens is 4. The van der Waals surface area contributed by atoms with Gasteiger partial charge in [0.05, 0.1) is 35.6 Å². The standard InChI is InChI=1S/C24H19F3N6O3/c1-29-21-17(8-14(36-24(25,26)27)9-20(21)35-13-4-5-13)22-18(11-30-33(22)2)12-3-6-15-16(7-12)19(10-28)31-32-23(15)34/h3,6-9,11,13H,4-5,10,28H2,2H3,(H,32,34). The molecule has 12 heteroatoms. The molecular weight excluding hydrogens is 477 g/mol. The van der Waals surface area contributed by atoms with Gasteiger partial charge in [0.2, 0.25) is 5.69 Å². The molecule has 0 amide bonds. The van der Waals surface area contributed by atoms with Gasteiger partial charge in [0.15, 0.2) is 0 Å². The number of ether oxygens (including phenoxy) is 2. The van der Waals surface area contributed by atoms with Crippen molar-refractivity contribution < 1.29 is 22.6 Å². The van der Waals surface area contributed by atoms with Gasteiger partial charge >= 0.3 is 6.36 Å². The molecule has 1 aliphatic rings. The van der Waals surface area contributed by atoms with Crippen LogP contribution in [-0.4, -0.2) is 32.4 Å². The Balaban J connectivity index is 1.73. The summed E-state index contributed by atoms with van der Waals surface area (Å²) in [5.41, 5.74) is 7.60. The van der Waals surface area contributed by atoms with Crippen molar-refractivity contribution in [3.63, 3.8) is 0 Å². The van der Waals surface area contributed by atoms with E-state index in [0.29, 0.717) is 33.3 Å². The first-order valence-electron chi connectivity index (χ1n) is 10.9. The number of hydrogen-bond donors (Lipinski definition) is 2. The Bertz CT molecular complexity index is 1580. The summed E-state index contributed by atoms with van der Waals surface area (Å²) < 4.78 is 50.7. The summed E-state index contributed by atoms with van der Waals surface area (Å²) in [6.45, 7) is 7.85. The van der Waals surface area contributed by atoms with Crippen molar-refractivity contribution in [2.75, 3.05) is 0 Å². The van der Waals surface area contributed by atoms with E-state index in [0.717, 1.165) is 25.0 Å². The smallest absolute Gasteiger partial charge is 0.501 e. The van der Waals surface area contributed by atoms with Gasteiger partial charge in [0.1, 0.15) is 11.5 Å². The largest absolute Gasteiger partial charge is 0.573 e. The fraction of sp³-hybridized carbons (Fsp3) is 0.250. The maximum Gasteiger partial charge on any atom is 0.573 e. The van der Waals surface area contributed by atoms with E-state index in [4.69, 9.17) is 17.0 Å². The van der Waals surface area contributed by atoms with E-state index in [1.807, 2.05) is 0 Å². The summed E-state index contributed by atoms with van der Waals surface area (Å²) >= 11 is 0. The topological polar surface area (TPSA) is 112 Å². The molecule has 2 aromatic heterocycles. The normalized spacial score (nSPS) is 13.6. The van der Waals surface area contributed by atoms with Gasteiger partial charge in [-0.1, -0.05) is 6.07 Å². The molecule has 0 atom stereocenters. The van der Waals surface area contributed by atoms with Gasteiger partial charge in [0.25, 0.3) is 5.56 Å². The highest BCUT2D eigenvalue weighted by Gasteiger charge is 2.33. The van der Waals surface area contributed by atoms with Crippen LogP contribution < -0.4 is 20.8 Å². The van der Waals surface area contributed by atoms with Crippen LogP contribution >= 0.6 is 0 Å². The van der Waals surface area contributed by atoms with Gasteiger partial charge in [-0.3, -0.25) is 9.48 Å². The number of fused-ring (bicyclic) bond motifs is 1.